The van der Waals surface area contributed by atoms with Crippen LogP contribution in [0, 0.1) is 0 Å². The number of nitrogen functional groups attached to an aromatic ring is 1. The predicted molar refractivity (Wildman–Crippen MR) is 68.9 cm³/mol. The number of nitrogens with zero attached hydrogens (tertiary/aromatic N) is 1. The van der Waals surface area contributed by atoms with Crippen LogP contribution < -0.4 is 11.5 Å². The van der Waals surface area contributed by atoms with E-state index < -0.39 is 5.76 Å². The number of benzene rings is 1. The minimum atomic E-state index is -0.617. The van der Waals surface area contributed by atoms with E-state index in [9.17, 15) is 4.79 Å². The Hall–Kier alpha value is -2.10. The molecule has 2 rings (SSSR count). The highest BCUT2D eigenvalue weighted by Crippen LogP contribution is 2.28. The van der Waals surface area contributed by atoms with Crippen LogP contribution in [0.1, 0.15) is 31.0 Å². The van der Waals surface area contributed by atoms with Crippen LogP contribution in [0.15, 0.2) is 27.9 Å². The second-order valence-electron chi connectivity index (χ2n) is 4.17. The molecule has 1 heterocycles. The van der Waals surface area contributed by atoms with Gasteiger partial charge < -0.3 is 10.2 Å². The van der Waals surface area contributed by atoms with Gasteiger partial charge in [-0.1, -0.05) is 32.6 Å². The van der Waals surface area contributed by atoms with Gasteiger partial charge in [-0.05, 0) is 12.0 Å². The molecule has 0 aliphatic heterocycles. The molecule has 1 aromatic heterocycles. The molecule has 0 saturated carbocycles. The lowest BCUT2D eigenvalue weighted by atomic mass is 10.0. The Balaban J connectivity index is 2.93. The molecule has 4 nitrogen and oxygen atoms in total. The highest BCUT2D eigenvalue weighted by atomic mass is 16.4. The third-order valence-corrected chi connectivity index (χ3v) is 2.67. The monoisotopic (exact) mass is 230 g/mol. The molecule has 0 aliphatic rings. The van der Waals surface area contributed by atoms with Crippen molar-refractivity contribution in [1.82, 2.24) is 4.98 Å². The Morgan fingerprint density at radius 1 is 1.47 bits per heavy atom. The zero-order valence-electron chi connectivity index (χ0n) is 9.86. The van der Waals surface area contributed by atoms with Crippen molar-refractivity contribution in [2.75, 3.05) is 5.73 Å². The van der Waals surface area contributed by atoms with Gasteiger partial charge in [0, 0.05) is 10.9 Å². The number of aromatic nitrogens is 1. The largest absolute Gasteiger partial charge is 0.439 e. The fourth-order valence-electron chi connectivity index (χ4n) is 1.81. The van der Waals surface area contributed by atoms with Gasteiger partial charge in [-0.25, -0.2) is 4.79 Å². The normalized spacial score (nSPS) is 11.0. The van der Waals surface area contributed by atoms with E-state index in [0.29, 0.717) is 17.0 Å². The molecule has 4 heteroatoms. The van der Waals surface area contributed by atoms with Crippen LogP contribution in [0.3, 0.4) is 0 Å². The molecule has 88 valence electrons. The molecule has 0 aliphatic carbocycles. The first-order chi connectivity index (χ1) is 8.04. The summed E-state index contributed by atoms with van der Waals surface area (Å²) in [6.45, 7) is 7.61. The molecule has 0 unspecified atom stereocenters. The van der Waals surface area contributed by atoms with Crippen LogP contribution >= 0.6 is 0 Å². The van der Waals surface area contributed by atoms with Gasteiger partial charge in [0.05, 0.1) is 11.4 Å². The molecular formula is C13H14N2O2. The molecule has 0 spiro atoms. The SMILES string of the molecule is C=Cc1ccc2c(C(C)C)nc(=O)oc2c1N. The summed E-state index contributed by atoms with van der Waals surface area (Å²) in [5, 5.41) is 0.780. The molecule has 2 N–H and O–H groups in total. The minimum absolute atomic E-state index is 0.135. The molecule has 0 bridgehead atoms. The van der Waals surface area contributed by atoms with Gasteiger partial charge in [0.25, 0.3) is 0 Å². The first-order valence-electron chi connectivity index (χ1n) is 5.40. The fourth-order valence-corrected chi connectivity index (χ4v) is 1.81. The highest BCUT2D eigenvalue weighted by molar-refractivity contribution is 5.93. The summed E-state index contributed by atoms with van der Waals surface area (Å²) >= 11 is 0. The van der Waals surface area contributed by atoms with Gasteiger partial charge in [-0.2, -0.15) is 4.98 Å². The number of rotatable bonds is 2. The van der Waals surface area contributed by atoms with Crippen molar-refractivity contribution >= 4 is 22.7 Å². The van der Waals surface area contributed by atoms with Gasteiger partial charge >= 0.3 is 5.76 Å². The maximum Gasteiger partial charge on any atom is 0.439 e. The quantitative estimate of drug-likeness (QED) is 0.805. The van der Waals surface area contributed by atoms with E-state index in [2.05, 4.69) is 11.6 Å². The lowest BCUT2D eigenvalue weighted by Crippen LogP contribution is -2.10. The third kappa shape index (κ3) is 1.82. The van der Waals surface area contributed by atoms with Crippen molar-refractivity contribution in [3.05, 3.63) is 40.5 Å². The fraction of sp³-hybridized carbons (Fsp3) is 0.231. The lowest BCUT2D eigenvalue weighted by molar-refractivity contribution is 0.524. The van der Waals surface area contributed by atoms with Gasteiger partial charge in [0.15, 0.2) is 5.58 Å². The minimum Gasteiger partial charge on any atom is -0.406 e. The van der Waals surface area contributed by atoms with Crippen LogP contribution in [-0.2, 0) is 0 Å². The standard InChI is InChI=1S/C13H14N2O2/c1-4-8-5-6-9-11(7(2)3)15-13(16)17-12(9)10(8)14/h4-7H,1,14H2,2-3H3. The third-order valence-electron chi connectivity index (χ3n) is 2.67. The maximum absolute atomic E-state index is 11.4. The van der Waals surface area contributed by atoms with E-state index in [1.807, 2.05) is 26.0 Å². The summed E-state index contributed by atoms with van der Waals surface area (Å²) in [7, 11) is 0. The smallest absolute Gasteiger partial charge is 0.406 e. The summed E-state index contributed by atoms with van der Waals surface area (Å²) in [6, 6.07) is 3.70. The van der Waals surface area contributed by atoms with Crippen LogP contribution in [0.2, 0.25) is 0 Å². The number of anilines is 1. The Bertz CT molecular complexity index is 642. The molecule has 0 fully saturated rings. The Kier molecular flexibility index (Phi) is 2.71. The van der Waals surface area contributed by atoms with E-state index >= 15 is 0 Å². The summed E-state index contributed by atoms with van der Waals surface area (Å²) in [5.41, 5.74) is 8.22. The van der Waals surface area contributed by atoms with Crippen molar-refractivity contribution in [3.63, 3.8) is 0 Å². The van der Waals surface area contributed by atoms with Gasteiger partial charge in [-0.3, -0.25) is 0 Å². The number of nitrogens with two attached hydrogens (primary N) is 1. The second kappa shape index (κ2) is 4.05. The first-order valence-corrected chi connectivity index (χ1v) is 5.40. The highest BCUT2D eigenvalue weighted by Gasteiger charge is 2.13. The first kappa shape index (κ1) is 11.4. The molecular weight excluding hydrogens is 216 g/mol. The van der Waals surface area contributed by atoms with Crippen molar-refractivity contribution < 1.29 is 4.42 Å². The van der Waals surface area contributed by atoms with Crippen molar-refractivity contribution in [2.45, 2.75) is 19.8 Å². The van der Waals surface area contributed by atoms with Gasteiger partial charge in [0.2, 0.25) is 0 Å². The van der Waals surface area contributed by atoms with Crippen molar-refractivity contribution in [1.29, 1.82) is 0 Å². The topological polar surface area (TPSA) is 69.1 Å². The molecule has 0 amide bonds. The second-order valence-corrected chi connectivity index (χ2v) is 4.17. The van der Waals surface area contributed by atoms with E-state index in [4.69, 9.17) is 10.2 Å². The Labute approximate surface area is 98.8 Å². The van der Waals surface area contributed by atoms with Gasteiger partial charge in [0.1, 0.15) is 0 Å². The number of hydrogen-bond donors (Lipinski definition) is 1. The van der Waals surface area contributed by atoms with Crippen LogP contribution in [0.5, 0.6) is 0 Å². The lowest BCUT2D eigenvalue weighted by Gasteiger charge is -2.09. The Morgan fingerprint density at radius 3 is 2.76 bits per heavy atom. The molecule has 1 aromatic carbocycles. The zero-order valence-corrected chi connectivity index (χ0v) is 9.86. The average Bonchev–Trinajstić information content (AvgIpc) is 2.29. The zero-order chi connectivity index (χ0) is 12.6. The molecule has 17 heavy (non-hydrogen) atoms. The molecule has 2 aromatic rings. The molecule has 0 atom stereocenters. The summed E-state index contributed by atoms with van der Waals surface area (Å²) in [4.78, 5) is 15.3. The maximum atomic E-state index is 11.4. The van der Waals surface area contributed by atoms with Crippen LogP contribution in [0.4, 0.5) is 5.69 Å². The summed E-state index contributed by atoms with van der Waals surface area (Å²) in [6.07, 6.45) is 1.63. The predicted octanol–water partition coefficient (Wildman–Crippen LogP) is 2.54. The molecule has 0 radical (unpaired) electrons. The van der Waals surface area contributed by atoms with Gasteiger partial charge in [-0.15, -0.1) is 0 Å². The van der Waals surface area contributed by atoms with E-state index in [1.54, 1.807) is 6.08 Å². The number of fused-ring (bicyclic) bond motifs is 1. The van der Waals surface area contributed by atoms with Crippen LogP contribution in [-0.4, -0.2) is 4.98 Å². The van der Waals surface area contributed by atoms with E-state index in [-0.39, 0.29) is 5.92 Å². The number of hydrogen-bond acceptors (Lipinski definition) is 4. The van der Waals surface area contributed by atoms with Crippen LogP contribution in [0.25, 0.3) is 17.0 Å². The van der Waals surface area contributed by atoms with E-state index in [1.165, 1.54) is 0 Å². The Morgan fingerprint density at radius 2 is 2.18 bits per heavy atom. The van der Waals surface area contributed by atoms with Crippen molar-refractivity contribution in [3.8, 4) is 0 Å². The van der Waals surface area contributed by atoms with Crippen molar-refractivity contribution in [2.24, 2.45) is 0 Å². The summed E-state index contributed by atoms with van der Waals surface area (Å²) < 4.78 is 5.09. The summed E-state index contributed by atoms with van der Waals surface area (Å²) in [5.74, 6) is -0.482. The average molecular weight is 230 g/mol. The molecule has 0 saturated heterocycles. The van der Waals surface area contributed by atoms with E-state index in [0.717, 1.165) is 10.9 Å².